The molecule has 2 rings (SSSR count). The van der Waals surface area contributed by atoms with E-state index in [9.17, 15) is 4.79 Å². The molecule has 0 heterocycles. The van der Waals surface area contributed by atoms with Gasteiger partial charge in [0.15, 0.2) is 0 Å². The molecule has 0 aromatic heterocycles. The number of nitrogens with one attached hydrogen (secondary N) is 1. The largest absolute Gasteiger partial charge is 0.351 e. The highest BCUT2D eigenvalue weighted by atomic mass is 35.5. The summed E-state index contributed by atoms with van der Waals surface area (Å²) in [6, 6.07) is 7.86. The van der Waals surface area contributed by atoms with Gasteiger partial charge in [-0.1, -0.05) is 23.7 Å². The SMILES string of the molecule is CC(=O)NC1(Cc2ccc(Cl)cc2)CCC1. The summed E-state index contributed by atoms with van der Waals surface area (Å²) in [5.74, 6) is 0.0636. The van der Waals surface area contributed by atoms with Gasteiger partial charge < -0.3 is 5.32 Å². The molecule has 2 nitrogen and oxygen atoms in total. The third-order valence-corrected chi connectivity index (χ3v) is 3.46. The van der Waals surface area contributed by atoms with E-state index in [-0.39, 0.29) is 11.4 Å². The third kappa shape index (κ3) is 2.56. The van der Waals surface area contributed by atoms with Crippen LogP contribution in [0.2, 0.25) is 5.02 Å². The molecule has 1 saturated carbocycles. The van der Waals surface area contributed by atoms with Gasteiger partial charge in [0.2, 0.25) is 5.91 Å². The van der Waals surface area contributed by atoms with Crippen molar-refractivity contribution in [3.05, 3.63) is 34.9 Å². The second-order valence-electron chi connectivity index (χ2n) is 4.62. The van der Waals surface area contributed by atoms with Crippen LogP contribution >= 0.6 is 11.6 Å². The maximum Gasteiger partial charge on any atom is 0.217 e. The fourth-order valence-corrected chi connectivity index (χ4v) is 2.44. The topological polar surface area (TPSA) is 29.1 Å². The minimum Gasteiger partial charge on any atom is -0.351 e. The lowest BCUT2D eigenvalue weighted by Gasteiger charge is -2.42. The Morgan fingerprint density at radius 3 is 2.44 bits per heavy atom. The van der Waals surface area contributed by atoms with Crippen molar-refractivity contribution in [2.24, 2.45) is 0 Å². The molecule has 1 aliphatic carbocycles. The highest BCUT2D eigenvalue weighted by Gasteiger charge is 2.37. The van der Waals surface area contributed by atoms with Crippen molar-refractivity contribution >= 4 is 17.5 Å². The van der Waals surface area contributed by atoms with Gasteiger partial charge in [-0.3, -0.25) is 4.79 Å². The fourth-order valence-electron chi connectivity index (χ4n) is 2.32. The van der Waals surface area contributed by atoms with Gasteiger partial charge in [0.25, 0.3) is 0 Å². The number of rotatable bonds is 3. The molecule has 0 radical (unpaired) electrons. The van der Waals surface area contributed by atoms with Crippen LogP contribution in [0.5, 0.6) is 0 Å². The van der Waals surface area contributed by atoms with Crippen molar-refractivity contribution in [1.29, 1.82) is 0 Å². The van der Waals surface area contributed by atoms with Gasteiger partial charge in [0, 0.05) is 17.5 Å². The first kappa shape index (κ1) is 11.5. The molecule has 0 saturated heterocycles. The zero-order chi connectivity index (χ0) is 11.6. The van der Waals surface area contributed by atoms with Gasteiger partial charge in [-0.05, 0) is 43.4 Å². The van der Waals surface area contributed by atoms with Crippen LogP contribution in [0, 0.1) is 0 Å². The van der Waals surface area contributed by atoms with Crippen LogP contribution < -0.4 is 5.32 Å². The molecule has 1 aliphatic rings. The number of hydrogen-bond donors (Lipinski definition) is 1. The normalized spacial score (nSPS) is 17.6. The molecule has 0 aliphatic heterocycles. The number of benzene rings is 1. The molecule has 3 heteroatoms. The quantitative estimate of drug-likeness (QED) is 0.861. The van der Waals surface area contributed by atoms with E-state index in [1.54, 1.807) is 6.92 Å². The van der Waals surface area contributed by atoms with E-state index < -0.39 is 0 Å². The van der Waals surface area contributed by atoms with Crippen molar-refractivity contribution in [2.45, 2.75) is 38.1 Å². The van der Waals surface area contributed by atoms with Gasteiger partial charge in [-0.15, -0.1) is 0 Å². The van der Waals surface area contributed by atoms with E-state index in [0.717, 1.165) is 24.3 Å². The Balaban J connectivity index is 2.06. The number of carbonyl (C=O) groups is 1. The fraction of sp³-hybridized carbons (Fsp3) is 0.462. The van der Waals surface area contributed by atoms with Crippen LogP contribution in [0.4, 0.5) is 0 Å². The molecule has 0 spiro atoms. The molecule has 1 fully saturated rings. The Morgan fingerprint density at radius 2 is 2.00 bits per heavy atom. The van der Waals surface area contributed by atoms with Crippen molar-refractivity contribution in [3.63, 3.8) is 0 Å². The predicted molar refractivity (Wildman–Crippen MR) is 65.6 cm³/mol. The van der Waals surface area contributed by atoms with E-state index in [4.69, 9.17) is 11.6 Å². The molecule has 1 aromatic carbocycles. The zero-order valence-corrected chi connectivity index (χ0v) is 10.2. The van der Waals surface area contributed by atoms with Crippen molar-refractivity contribution < 1.29 is 4.79 Å². The predicted octanol–water partition coefficient (Wildman–Crippen LogP) is 2.94. The number of halogens is 1. The molecular formula is C13H16ClNO. The van der Waals surface area contributed by atoms with Crippen LogP contribution in [0.15, 0.2) is 24.3 Å². The van der Waals surface area contributed by atoms with Gasteiger partial charge in [0.1, 0.15) is 0 Å². The maximum atomic E-state index is 11.2. The lowest BCUT2D eigenvalue weighted by atomic mass is 9.72. The second-order valence-corrected chi connectivity index (χ2v) is 5.05. The van der Waals surface area contributed by atoms with Crippen molar-refractivity contribution in [1.82, 2.24) is 5.32 Å². The zero-order valence-electron chi connectivity index (χ0n) is 9.42. The molecule has 1 aromatic rings. The summed E-state index contributed by atoms with van der Waals surface area (Å²) < 4.78 is 0. The van der Waals surface area contributed by atoms with E-state index >= 15 is 0 Å². The number of carbonyl (C=O) groups excluding carboxylic acids is 1. The van der Waals surface area contributed by atoms with Crippen LogP contribution in [0.25, 0.3) is 0 Å². The van der Waals surface area contributed by atoms with Crippen LogP contribution in [-0.2, 0) is 11.2 Å². The van der Waals surface area contributed by atoms with E-state index in [1.165, 1.54) is 12.0 Å². The van der Waals surface area contributed by atoms with E-state index in [0.29, 0.717) is 0 Å². The van der Waals surface area contributed by atoms with E-state index in [1.807, 2.05) is 24.3 Å². The average Bonchev–Trinajstić information content (AvgIpc) is 2.17. The summed E-state index contributed by atoms with van der Waals surface area (Å²) in [7, 11) is 0. The first-order chi connectivity index (χ1) is 7.60. The lowest BCUT2D eigenvalue weighted by molar-refractivity contribution is -0.121. The summed E-state index contributed by atoms with van der Waals surface area (Å²) in [6.07, 6.45) is 4.27. The van der Waals surface area contributed by atoms with Crippen LogP contribution in [-0.4, -0.2) is 11.4 Å². The summed E-state index contributed by atoms with van der Waals surface area (Å²) in [4.78, 5) is 11.2. The number of hydrogen-bond acceptors (Lipinski definition) is 1. The summed E-state index contributed by atoms with van der Waals surface area (Å²) in [5.41, 5.74) is 1.23. The summed E-state index contributed by atoms with van der Waals surface area (Å²) >= 11 is 5.85. The highest BCUT2D eigenvalue weighted by molar-refractivity contribution is 6.30. The summed E-state index contributed by atoms with van der Waals surface area (Å²) in [6.45, 7) is 1.59. The summed E-state index contributed by atoms with van der Waals surface area (Å²) in [5, 5.41) is 3.84. The minimum atomic E-state index is -0.000334. The van der Waals surface area contributed by atoms with Gasteiger partial charge >= 0.3 is 0 Å². The Kier molecular flexibility index (Phi) is 3.20. The molecule has 0 unspecified atom stereocenters. The molecule has 16 heavy (non-hydrogen) atoms. The lowest BCUT2D eigenvalue weighted by Crippen LogP contribution is -2.54. The first-order valence-electron chi connectivity index (χ1n) is 5.63. The second kappa shape index (κ2) is 4.46. The average molecular weight is 238 g/mol. The van der Waals surface area contributed by atoms with Crippen LogP contribution in [0.3, 0.4) is 0 Å². The first-order valence-corrected chi connectivity index (χ1v) is 6.01. The Hall–Kier alpha value is -1.02. The smallest absolute Gasteiger partial charge is 0.217 e. The van der Waals surface area contributed by atoms with Gasteiger partial charge in [0.05, 0.1) is 0 Å². The molecule has 0 bridgehead atoms. The molecular weight excluding hydrogens is 222 g/mol. The number of amides is 1. The van der Waals surface area contributed by atoms with Gasteiger partial charge in [-0.2, -0.15) is 0 Å². The standard InChI is InChI=1S/C13H16ClNO/c1-10(16)15-13(7-2-8-13)9-11-3-5-12(14)6-4-11/h3-6H,2,7-9H2,1H3,(H,15,16). The van der Waals surface area contributed by atoms with E-state index in [2.05, 4.69) is 5.32 Å². The Labute approximate surface area is 101 Å². The van der Waals surface area contributed by atoms with Crippen molar-refractivity contribution in [3.8, 4) is 0 Å². The van der Waals surface area contributed by atoms with Crippen LogP contribution in [0.1, 0.15) is 31.7 Å². The monoisotopic (exact) mass is 237 g/mol. The Morgan fingerprint density at radius 1 is 1.38 bits per heavy atom. The third-order valence-electron chi connectivity index (χ3n) is 3.21. The van der Waals surface area contributed by atoms with Gasteiger partial charge in [-0.25, -0.2) is 0 Å². The molecule has 1 N–H and O–H groups in total. The minimum absolute atomic E-state index is 0.000334. The molecule has 86 valence electrons. The molecule has 1 amide bonds. The molecule has 0 atom stereocenters. The Bertz CT molecular complexity index is 381. The van der Waals surface area contributed by atoms with Crippen molar-refractivity contribution in [2.75, 3.05) is 0 Å². The highest BCUT2D eigenvalue weighted by Crippen LogP contribution is 2.35. The maximum absolute atomic E-state index is 11.2.